The summed E-state index contributed by atoms with van der Waals surface area (Å²) in [5, 5.41) is 0. The second kappa shape index (κ2) is 7.64. The van der Waals surface area contributed by atoms with Gasteiger partial charge in [-0.05, 0) is 29.8 Å². The van der Waals surface area contributed by atoms with Crippen LogP contribution in [0.5, 0.6) is 17.2 Å². The van der Waals surface area contributed by atoms with E-state index in [0.29, 0.717) is 23.8 Å². The Morgan fingerprint density at radius 3 is 2.07 bits per heavy atom. The van der Waals surface area contributed by atoms with Crippen molar-refractivity contribution < 1.29 is 14.2 Å². The number of para-hydroxylation sites is 2. The molecule has 4 aromatic rings. The second-order valence-electron chi connectivity index (χ2n) is 6.41. The zero-order valence-electron chi connectivity index (χ0n) is 16.2. The van der Waals surface area contributed by atoms with Gasteiger partial charge >= 0.3 is 0 Å². The Kier molecular flexibility index (Phi) is 4.89. The molecule has 142 valence electrons. The van der Waals surface area contributed by atoms with Gasteiger partial charge in [0.05, 0.1) is 32.4 Å². The van der Waals surface area contributed by atoms with E-state index < -0.39 is 0 Å². The molecule has 0 aliphatic heterocycles. The van der Waals surface area contributed by atoms with Gasteiger partial charge in [0.2, 0.25) is 5.75 Å². The maximum absolute atomic E-state index is 5.53. The molecule has 0 N–H and O–H groups in total. The molecule has 0 bridgehead atoms. The molecule has 0 spiro atoms. The lowest BCUT2D eigenvalue weighted by Crippen LogP contribution is -2.03. The van der Waals surface area contributed by atoms with Gasteiger partial charge in [-0.25, -0.2) is 4.98 Å². The highest BCUT2D eigenvalue weighted by atomic mass is 16.5. The van der Waals surface area contributed by atoms with E-state index in [-0.39, 0.29) is 0 Å². The third-order valence-electron chi connectivity index (χ3n) is 4.76. The van der Waals surface area contributed by atoms with Gasteiger partial charge in [-0.3, -0.25) is 0 Å². The minimum atomic E-state index is 0.569. The summed E-state index contributed by atoms with van der Waals surface area (Å²) in [5.41, 5.74) is 4.14. The number of hydrogen-bond acceptors (Lipinski definition) is 4. The summed E-state index contributed by atoms with van der Waals surface area (Å²) in [7, 11) is 4.84. The van der Waals surface area contributed by atoms with Crippen molar-refractivity contribution in [1.82, 2.24) is 9.55 Å². The number of hydrogen-bond donors (Lipinski definition) is 0. The van der Waals surface area contributed by atoms with Crippen LogP contribution in [-0.4, -0.2) is 30.9 Å². The fourth-order valence-corrected chi connectivity index (χ4v) is 3.43. The van der Waals surface area contributed by atoms with E-state index in [1.807, 2.05) is 48.5 Å². The molecule has 4 rings (SSSR count). The Labute approximate surface area is 164 Å². The summed E-state index contributed by atoms with van der Waals surface area (Å²) in [6.45, 7) is 0.716. The first-order valence-corrected chi connectivity index (χ1v) is 9.04. The number of aromatic nitrogens is 2. The first-order valence-electron chi connectivity index (χ1n) is 9.04. The Bertz CT molecular complexity index is 1080. The zero-order valence-corrected chi connectivity index (χ0v) is 16.2. The van der Waals surface area contributed by atoms with Crippen molar-refractivity contribution in [2.24, 2.45) is 0 Å². The van der Waals surface area contributed by atoms with Crippen molar-refractivity contribution in [3.05, 3.63) is 72.3 Å². The topological polar surface area (TPSA) is 45.5 Å². The molecule has 0 amide bonds. The second-order valence-corrected chi connectivity index (χ2v) is 6.41. The molecule has 1 heterocycles. The predicted octanol–water partition coefficient (Wildman–Crippen LogP) is 4.78. The van der Waals surface area contributed by atoms with Crippen molar-refractivity contribution >= 4 is 11.0 Å². The molecule has 28 heavy (non-hydrogen) atoms. The number of benzene rings is 3. The van der Waals surface area contributed by atoms with Gasteiger partial charge in [-0.2, -0.15) is 0 Å². The number of fused-ring (bicyclic) bond motifs is 1. The Hall–Kier alpha value is -3.47. The van der Waals surface area contributed by atoms with Crippen LogP contribution in [0.15, 0.2) is 66.7 Å². The molecule has 0 aliphatic rings. The SMILES string of the molecule is COc1cc(-c2nc3ccccc3n2Cc2ccccc2)cc(OC)c1OC. The Balaban J connectivity index is 1.92. The highest BCUT2D eigenvalue weighted by Gasteiger charge is 2.19. The van der Waals surface area contributed by atoms with E-state index in [2.05, 4.69) is 22.8 Å². The van der Waals surface area contributed by atoms with Crippen molar-refractivity contribution in [3.8, 4) is 28.6 Å². The van der Waals surface area contributed by atoms with E-state index in [0.717, 1.165) is 22.4 Å². The standard InChI is InChI=1S/C23H22N2O3/c1-26-20-13-17(14-21(27-2)22(20)28-3)23-24-18-11-7-8-12-19(18)25(23)15-16-9-5-4-6-10-16/h4-14H,15H2,1-3H3. The van der Waals surface area contributed by atoms with Gasteiger partial charge in [0.15, 0.2) is 11.5 Å². The van der Waals surface area contributed by atoms with Crippen LogP contribution in [0, 0.1) is 0 Å². The summed E-state index contributed by atoms with van der Waals surface area (Å²) >= 11 is 0. The van der Waals surface area contributed by atoms with Crippen LogP contribution in [0.4, 0.5) is 0 Å². The Morgan fingerprint density at radius 2 is 1.43 bits per heavy atom. The van der Waals surface area contributed by atoms with E-state index in [4.69, 9.17) is 19.2 Å². The van der Waals surface area contributed by atoms with Crippen LogP contribution in [0.2, 0.25) is 0 Å². The van der Waals surface area contributed by atoms with Gasteiger partial charge < -0.3 is 18.8 Å². The third kappa shape index (κ3) is 3.16. The lowest BCUT2D eigenvalue weighted by Gasteiger charge is -2.15. The zero-order chi connectivity index (χ0) is 19.5. The minimum absolute atomic E-state index is 0.569. The fraction of sp³-hybridized carbons (Fsp3) is 0.174. The number of ether oxygens (including phenoxy) is 3. The summed E-state index contributed by atoms with van der Waals surface area (Å²) in [6, 6.07) is 22.4. The average molecular weight is 374 g/mol. The van der Waals surface area contributed by atoms with Gasteiger partial charge in [-0.15, -0.1) is 0 Å². The summed E-state index contributed by atoms with van der Waals surface area (Å²) in [4.78, 5) is 4.90. The largest absolute Gasteiger partial charge is 0.493 e. The normalized spacial score (nSPS) is 10.8. The van der Waals surface area contributed by atoms with Crippen LogP contribution < -0.4 is 14.2 Å². The van der Waals surface area contributed by atoms with Crippen LogP contribution in [-0.2, 0) is 6.54 Å². The van der Waals surface area contributed by atoms with Crippen LogP contribution in [0.3, 0.4) is 0 Å². The number of methoxy groups -OCH3 is 3. The summed E-state index contributed by atoms with van der Waals surface area (Å²) < 4.78 is 18.7. The summed E-state index contributed by atoms with van der Waals surface area (Å²) in [6.07, 6.45) is 0. The molecule has 0 aliphatic carbocycles. The average Bonchev–Trinajstić information content (AvgIpc) is 3.11. The van der Waals surface area contributed by atoms with Gasteiger partial charge in [0, 0.05) is 12.1 Å². The quantitative estimate of drug-likeness (QED) is 0.487. The van der Waals surface area contributed by atoms with Gasteiger partial charge in [-0.1, -0.05) is 42.5 Å². The number of rotatable bonds is 6. The van der Waals surface area contributed by atoms with Crippen molar-refractivity contribution in [1.29, 1.82) is 0 Å². The van der Waals surface area contributed by atoms with Crippen LogP contribution >= 0.6 is 0 Å². The molecule has 5 nitrogen and oxygen atoms in total. The van der Waals surface area contributed by atoms with Crippen molar-refractivity contribution in [3.63, 3.8) is 0 Å². The highest BCUT2D eigenvalue weighted by Crippen LogP contribution is 2.41. The van der Waals surface area contributed by atoms with E-state index >= 15 is 0 Å². The van der Waals surface area contributed by atoms with Crippen molar-refractivity contribution in [2.75, 3.05) is 21.3 Å². The van der Waals surface area contributed by atoms with Gasteiger partial charge in [0.1, 0.15) is 5.82 Å². The predicted molar refractivity (Wildman–Crippen MR) is 110 cm³/mol. The van der Waals surface area contributed by atoms with Gasteiger partial charge in [0.25, 0.3) is 0 Å². The molecule has 3 aromatic carbocycles. The minimum Gasteiger partial charge on any atom is -0.493 e. The molecule has 5 heteroatoms. The maximum atomic E-state index is 5.53. The highest BCUT2D eigenvalue weighted by molar-refractivity contribution is 5.81. The van der Waals surface area contributed by atoms with Crippen LogP contribution in [0.1, 0.15) is 5.56 Å². The molecule has 0 unspecified atom stereocenters. The molecule has 0 atom stereocenters. The monoisotopic (exact) mass is 374 g/mol. The third-order valence-corrected chi connectivity index (χ3v) is 4.76. The molecule has 1 aromatic heterocycles. The fourth-order valence-electron chi connectivity index (χ4n) is 3.43. The molecule has 0 saturated carbocycles. The van der Waals surface area contributed by atoms with E-state index in [9.17, 15) is 0 Å². The number of imidazole rings is 1. The number of nitrogens with zero attached hydrogens (tertiary/aromatic N) is 2. The smallest absolute Gasteiger partial charge is 0.203 e. The van der Waals surface area contributed by atoms with Crippen LogP contribution in [0.25, 0.3) is 22.4 Å². The molecular formula is C23H22N2O3. The summed E-state index contributed by atoms with van der Waals surface area (Å²) in [5.74, 6) is 2.63. The first-order chi connectivity index (χ1) is 13.7. The van der Waals surface area contributed by atoms with E-state index in [1.165, 1.54) is 5.56 Å². The maximum Gasteiger partial charge on any atom is 0.203 e. The Morgan fingerprint density at radius 1 is 0.786 bits per heavy atom. The van der Waals surface area contributed by atoms with E-state index in [1.54, 1.807) is 21.3 Å². The lowest BCUT2D eigenvalue weighted by molar-refractivity contribution is 0.324. The lowest BCUT2D eigenvalue weighted by atomic mass is 10.1. The molecular weight excluding hydrogens is 352 g/mol. The first kappa shape index (κ1) is 17.9. The molecule has 0 saturated heterocycles. The van der Waals surface area contributed by atoms with Crippen molar-refractivity contribution in [2.45, 2.75) is 6.54 Å². The molecule has 0 fully saturated rings. The molecule has 0 radical (unpaired) electrons.